The fourth-order valence-electron chi connectivity index (χ4n) is 1.42. The number of nitrogens with zero attached hydrogens (tertiary/aromatic N) is 1. The number of hydrogen-bond acceptors (Lipinski definition) is 4. The van der Waals surface area contributed by atoms with Gasteiger partial charge in [0.25, 0.3) is 0 Å². The maximum absolute atomic E-state index is 5.35. The van der Waals surface area contributed by atoms with E-state index in [1.165, 1.54) is 0 Å². The fourth-order valence-corrected chi connectivity index (χ4v) is 2.18. The van der Waals surface area contributed by atoms with E-state index in [0.717, 1.165) is 22.1 Å². The summed E-state index contributed by atoms with van der Waals surface area (Å²) in [7, 11) is 0. The highest BCUT2D eigenvalue weighted by molar-refractivity contribution is 7.13. The van der Waals surface area contributed by atoms with Gasteiger partial charge in [-0.1, -0.05) is 0 Å². The van der Waals surface area contributed by atoms with Gasteiger partial charge in [-0.15, -0.1) is 11.3 Å². The van der Waals surface area contributed by atoms with Crippen LogP contribution in [0.4, 0.5) is 0 Å². The molecule has 0 saturated carbocycles. The zero-order valence-corrected chi connectivity index (χ0v) is 8.53. The molecule has 3 heterocycles. The monoisotopic (exact) mass is 217 g/mol. The first-order chi connectivity index (χ1) is 7.45. The first kappa shape index (κ1) is 8.49. The highest BCUT2D eigenvalue weighted by Crippen LogP contribution is 2.34. The second-order valence-corrected chi connectivity index (χ2v) is 3.84. The van der Waals surface area contributed by atoms with Crippen LogP contribution in [0.25, 0.3) is 22.1 Å². The summed E-state index contributed by atoms with van der Waals surface area (Å²) in [6.45, 7) is 0. The van der Waals surface area contributed by atoms with E-state index in [9.17, 15) is 0 Å². The minimum Gasteiger partial charge on any atom is -0.463 e. The van der Waals surface area contributed by atoms with Crippen molar-refractivity contribution in [3.8, 4) is 22.1 Å². The van der Waals surface area contributed by atoms with Crippen molar-refractivity contribution < 1.29 is 8.83 Å². The van der Waals surface area contributed by atoms with Crippen molar-refractivity contribution in [1.82, 2.24) is 4.98 Å². The Bertz CT molecular complexity index is 488. The summed E-state index contributed by atoms with van der Waals surface area (Å²) in [6, 6.07) is 7.52. The number of aromatic nitrogens is 1. The summed E-state index contributed by atoms with van der Waals surface area (Å²) in [5.74, 6) is 1.59. The summed E-state index contributed by atoms with van der Waals surface area (Å²) >= 11 is 1.54. The van der Waals surface area contributed by atoms with Crippen LogP contribution in [0.3, 0.4) is 0 Å². The Labute approximate surface area is 90.0 Å². The Kier molecular flexibility index (Phi) is 1.93. The zero-order valence-electron chi connectivity index (χ0n) is 7.71. The molecular weight excluding hydrogens is 210 g/mol. The van der Waals surface area contributed by atoms with E-state index in [4.69, 9.17) is 8.83 Å². The highest BCUT2D eigenvalue weighted by atomic mass is 32.1. The molecule has 0 fully saturated rings. The van der Waals surface area contributed by atoms with E-state index in [1.807, 2.05) is 24.3 Å². The molecule has 0 aliphatic rings. The van der Waals surface area contributed by atoms with Crippen molar-refractivity contribution in [1.29, 1.82) is 0 Å². The zero-order chi connectivity index (χ0) is 10.1. The molecule has 0 spiro atoms. The molecule has 0 aromatic carbocycles. The van der Waals surface area contributed by atoms with Gasteiger partial charge in [-0.3, -0.25) is 0 Å². The standard InChI is InChI=1S/C11H7NO2S/c1-3-8(13-5-1)10-11(15-7-12-10)9-4-2-6-14-9/h1-7H. The molecule has 74 valence electrons. The van der Waals surface area contributed by atoms with Gasteiger partial charge in [-0.25, -0.2) is 4.98 Å². The van der Waals surface area contributed by atoms with Gasteiger partial charge in [-0.05, 0) is 24.3 Å². The lowest BCUT2D eigenvalue weighted by Crippen LogP contribution is -1.76. The molecule has 0 aliphatic heterocycles. The molecule has 0 aliphatic carbocycles. The van der Waals surface area contributed by atoms with Gasteiger partial charge in [-0.2, -0.15) is 0 Å². The highest BCUT2D eigenvalue weighted by Gasteiger charge is 2.14. The summed E-state index contributed by atoms with van der Waals surface area (Å²) < 4.78 is 10.7. The van der Waals surface area contributed by atoms with Gasteiger partial charge in [0.1, 0.15) is 16.3 Å². The first-order valence-electron chi connectivity index (χ1n) is 4.46. The molecule has 3 rings (SSSR count). The predicted octanol–water partition coefficient (Wildman–Crippen LogP) is 3.66. The summed E-state index contributed by atoms with van der Waals surface area (Å²) in [5.41, 5.74) is 2.62. The second kappa shape index (κ2) is 3.40. The molecule has 15 heavy (non-hydrogen) atoms. The number of thiazole rings is 1. The lowest BCUT2D eigenvalue weighted by atomic mass is 10.2. The molecule has 3 nitrogen and oxygen atoms in total. The average molecular weight is 217 g/mol. The van der Waals surface area contributed by atoms with E-state index in [1.54, 1.807) is 29.4 Å². The maximum Gasteiger partial charge on any atom is 0.153 e. The van der Waals surface area contributed by atoms with Gasteiger partial charge < -0.3 is 8.83 Å². The Morgan fingerprint density at radius 1 is 1.00 bits per heavy atom. The number of furan rings is 2. The van der Waals surface area contributed by atoms with Crippen LogP contribution in [0.15, 0.2) is 51.1 Å². The molecule has 4 heteroatoms. The van der Waals surface area contributed by atoms with Gasteiger partial charge in [0, 0.05) is 0 Å². The predicted molar refractivity (Wildman–Crippen MR) is 57.5 cm³/mol. The number of rotatable bonds is 2. The van der Waals surface area contributed by atoms with Crippen LogP contribution in [0.2, 0.25) is 0 Å². The smallest absolute Gasteiger partial charge is 0.153 e. The van der Waals surface area contributed by atoms with Crippen molar-refractivity contribution in [2.45, 2.75) is 0 Å². The molecule has 0 amide bonds. The summed E-state index contributed by atoms with van der Waals surface area (Å²) in [4.78, 5) is 5.27. The van der Waals surface area contributed by atoms with Crippen LogP contribution < -0.4 is 0 Å². The van der Waals surface area contributed by atoms with Gasteiger partial charge >= 0.3 is 0 Å². The van der Waals surface area contributed by atoms with E-state index in [-0.39, 0.29) is 0 Å². The summed E-state index contributed by atoms with van der Waals surface area (Å²) in [5, 5.41) is 0. The quantitative estimate of drug-likeness (QED) is 0.657. The molecule has 0 atom stereocenters. The van der Waals surface area contributed by atoms with Crippen molar-refractivity contribution >= 4 is 11.3 Å². The Morgan fingerprint density at radius 2 is 1.73 bits per heavy atom. The van der Waals surface area contributed by atoms with Crippen LogP contribution >= 0.6 is 11.3 Å². The maximum atomic E-state index is 5.35. The van der Waals surface area contributed by atoms with Gasteiger partial charge in [0.2, 0.25) is 0 Å². The van der Waals surface area contributed by atoms with Crippen molar-refractivity contribution in [2.75, 3.05) is 0 Å². The fraction of sp³-hybridized carbons (Fsp3) is 0. The first-order valence-corrected chi connectivity index (χ1v) is 5.34. The van der Waals surface area contributed by atoms with Crippen molar-refractivity contribution in [2.24, 2.45) is 0 Å². The minimum absolute atomic E-state index is 0.766. The number of hydrogen-bond donors (Lipinski definition) is 0. The van der Waals surface area contributed by atoms with Gasteiger partial charge in [0.05, 0.1) is 18.0 Å². The molecule has 3 aromatic heterocycles. The molecule has 3 aromatic rings. The lowest BCUT2D eigenvalue weighted by Gasteiger charge is -1.94. The van der Waals surface area contributed by atoms with E-state index in [2.05, 4.69) is 4.98 Å². The molecule has 0 N–H and O–H groups in total. The second-order valence-electron chi connectivity index (χ2n) is 2.98. The lowest BCUT2D eigenvalue weighted by molar-refractivity contribution is 0.575. The normalized spacial score (nSPS) is 10.7. The Balaban J connectivity index is 2.15. The Hall–Kier alpha value is -1.81. The largest absolute Gasteiger partial charge is 0.463 e. The van der Waals surface area contributed by atoms with Gasteiger partial charge in [0.15, 0.2) is 5.76 Å². The SMILES string of the molecule is c1coc(-c2ncsc2-c2ccco2)c1. The van der Waals surface area contributed by atoms with Crippen LogP contribution in [-0.2, 0) is 0 Å². The van der Waals surface area contributed by atoms with E-state index >= 15 is 0 Å². The third-order valence-electron chi connectivity index (χ3n) is 2.07. The molecule has 0 unspecified atom stereocenters. The topological polar surface area (TPSA) is 39.2 Å². The van der Waals surface area contributed by atoms with Crippen LogP contribution in [0.5, 0.6) is 0 Å². The van der Waals surface area contributed by atoms with Crippen LogP contribution in [0.1, 0.15) is 0 Å². The Morgan fingerprint density at radius 3 is 2.40 bits per heavy atom. The van der Waals surface area contributed by atoms with Crippen molar-refractivity contribution in [3.05, 3.63) is 42.3 Å². The summed E-state index contributed by atoms with van der Waals surface area (Å²) in [6.07, 6.45) is 3.29. The third kappa shape index (κ3) is 1.39. The van der Waals surface area contributed by atoms with E-state index in [0.29, 0.717) is 0 Å². The molecule has 0 bridgehead atoms. The van der Waals surface area contributed by atoms with Crippen LogP contribution in [-0.4, -0.2) is 4.98 Å². The third-order valence-corrected chi connectivity index (χ3v) is 2.91. The molecular formula is C11H7NO2S. The minimum atomic E-state index is 0.766. The van der Waals surface area contributed by atoms with E-state index < -0.39 is 0 Å². The van der Waals surface area contributed by atoms with Crippen molar-refractivity contribution in [3.63, 3.8) is 0 Å². The molecule has 0 radical (unpaired) electrons. The average Bonchev–Trinajstić information content (AvgIpc) is 3.01. The molecule has 0 saturated heterocycles. The van der Waals surface area contributed by atoms with Crippen LogP contribution in [0, 0.1) is 0 Å².